The third-order valence-corrected chi connectivity index (χ3v) is 3.68. The first-order chi connectivity index (χ1) is 10.0. The number of anilines is 1. The van der Waals surface area contributed by atoms with Gasteiger partial charge in [-0.3, -0.25) is 4.57 Å². The van der Waals surface area contributed by atoms with E-state index in [-0.39, 0.29) is 0 Å². The van der Waals surface area contributed by atoms with E-state index in [0.29, 0.717) is 17.0 Å². The molecule has 0 radical (unpaired) electrons. The largest absolute Gasteiger partial charge is 0.394 e. The molecule has 1 aliphatic heterocycles. The van der Waals surface area contributed by atoms with Gasteiger partial charge in [-0.05, 0) is 6.92 Å². The summed E-state index contributed by atoms with van der Waals surface area (Å²) in [6.45, 7) is 1.01. The zero-order chi connectivity index (χ0) is 15.2. The maximum atomic E-state index is 10.5. The van der Waals surface area contributed by atoms with Gasteiger partial charge in [0.1, 0.15) is 24.1 Å². The molecular weight excluding hydrogens is 280 g/mol. The summed E-state index contributed by atoms with van der Waals surface area (Å²) in [7, 11) is 0. The second kappa shape index (κ2) is 4.86. The summed E-state index contributed by atoms with van der Waals surface area (Å²) in [4.78, 5) is 12.2. The Hall–Kier alpha value is -1.85. The third kappa shape index (κ3) is 1.96. The average molecular weight is 296 g/mol. The van der Waals surface area contributed by atoms with Crippen LogP contribution in [0.1, 0.15) is 13.2 Å². The monoisotopic (exact) mass is 296 g/mol. The van der Waals surface area contributed by atoms with Crippen molar-refractivity contribution in [3.05, 3.63) is 12.7 Å². The van der Waals surface area contributed by atoms with Crippen molar-refractivity contribution in [2.75, 3.05) is 12.0 Å². The Bertz CT molecular complexity index is 659. The van der Waals surface area contributed by atoms with Crippen molar-refractivity contribution in [1.29, 1.82) is 0 Å². The number of hydrogen-bond acceptors (Lipinski definition) is 9. The van der Waals surface area contributed by atoms with Crippen molar-refractivity contribution in [2.24, 2.45) is 5.84 Å². The number of aliphatic hydroxyl groups excluding tert-OH is 2. The highest BCUT2D eigenvalue weighted by Crippen LogP contribution is 2.39. The lowest BCUT2D eigenvalue weighted by Gasteiger charge is -2.27. The first kappa shape index (κ1) is 14.1. The number of nitrogens with zero attached hydrogens (tertiary/aromatic N) is 4. The van der Waals surface area contributed by atoms with Crippen LogP contribution in [0, 0.1) is 0 Å². The number of nitrogens with two attached hydrogens (primary N) is 1. The summed E-state index contributed by atoms with van der Waals surface area (Å²) in [5.74, 6) is 5.68. The zero-order valence-electron chi connectivity index (χ0n) is 11.2. The van der Waals surface area contributed by atoms with E-state index in [1.54, 1.807) is 0 Å². The van der Waals surface area contributed by atoms with Gasteiger partial charge in [0, 0.05) is 0 Å². The highest BCUT2D eigenvalue weighted by Gasteiger charge is 2.53. The summed E-state index contributed by atoms with van der Waals surface area (Å²) in [5, 5.41) is 29.7. The van der Waals surface area contributed by atoms with Crippen molar-refractivity contribution in [2.45, 2.75) is 31.0 Å². The Labute approximate surface area is 119 Å². The minimum atomic E-state index is -1.61. The van der Waals surface area contributed by atoms with Gasteiger partial charge < -0.3 is 25.5 Å². The molecule has 3 unspecified atom stereocenters. The van der Waals surface area contributed by atoms with Crippen LogP contribution >= 0.6 is 0 Å². The number of nitrogens with one attached hydrogen (secondary N) is 1. The van der Waals surface area contributed by atoms with Gasteiger partial charge in [-0.25, -0.2) is 20.8 Å². The van der Waals surface area contributed by atoms with Crippen molar-refractivity contribution < 1.29 is 20.1 Å². The standard InChI is InChI=1S/C11H16N6O4/c1-11(20)7(19)5(2-18)21-10(11)17-4-15-6-8(16-12)13-3-14-9(6)17/h3-5,7,10,18-20H,2,12H2,1H3,(H,13,14,16)/t5?,7?,10?,11-/m1/s1. The second-order valence-electron chi connectivity index (χ2n) is 5.07. The fourth-order valence-electron chi connectivity index (χ4n) is 2.52. The Morgan fingerprint density at radius 1 is 1.48 bits per heavy atom. The van der Waals surface area contributed by atoms with Gasteiger partial charge in [0.2, 0.25) is 0 Å². The molecule has 1 saturated heterocycles. The summed E-state index contributed by atoms with van der Waals surface area (Å²) >= 11 is 0. The average Bonchev–Trinajstić information content (AvgIpc) is 2.99. The number of aromatic nitrogens is 4. The van der Waals surface area contributed by atoms with Crippen LogP contribution in [0.4, 0.5) is 5.82 Å². The summed E-state index contributed by atoms with van der Waals surface area (Å²) in [6, 6.07) is 0. The van der Waals surface area contributed by atoms with Gasteiger partial charge in [-0.1, -0.05) is 0 Å². The van der Waals surface area contributed by atoms with Gasteiger partial charge in [-0.2, -0.15) is 0 Å². The number of imidazole rings is 1. The lowest BCUT2D eigenvalue weighted by atomic mass is 9.96. The summed E-state index contributed by atoms with van der Waals surface area (Å²) in [5.41, 5.74) is 1.58. The molecule has 10 heteroatoms. The molecule has 2 aromatic rings. The third-order valence-electron chi connectivity index (χ3n) is 3.68. The second-order valence-corrected chi connectivity index (χ2v) is 5.07. The van der Waals surface area contributed by atoms with E-state index in [1.165, 1.54) is 24.1 Å². The topological polar surface area (TPSA) is 152 Å². The number of fused-ring (bicyclic) bond motifs is 1. The molecule has 1 aliphatic rings. The van der Waals surface area contributed by atoms with Gasteiger partial charge >= 0.3 is 0 Å². The fraction of sp³-hybridized carbons (Fsp3) is 0.545. The summed E-state index contributed by atoms with van der Waals surface area (Å²) < 4.78 is 6.99. The maximum Gasteiger partial charge on any atom is 0.171 e. The van der Waals surface area contributed by atoms with E-state index in [9.17, 15) is 15.3 Å². The minimum Gasteiger partial charge on any atom is -0.394 e. The number of nitrogen functional groups attached to an aromatic ring is 1. The van der Waals surface area contributed by atoms with Crippen molar-refractivity contribution >= 4 is 17.0 Å². The number of hydrazine groups is 1. The van der Waals surface area contributed by atoms with Gasteiger partial charge in [0.25, 0.3) is 0 Å². The highest BCUT2D eigenvalue weighted by molar-refractivity contribution is 5.82. The summed E-state index contributed by atoms with van der Waals surface area (Å²) in [6.07, 6.45) is -0.379. The first-order valence-corrected chi connectivity index (χ1v) is 6.31. The molecule has 0 amide bonds. The number of rotatable bonds is 3. The molecule has 3 rings (SSSR count). The van der Waals surface area contributed by atoms with E-state index < -0.39 is 30.6 Å². The number of hydrogen-bond donors (Lipinski definition) is 5. The van der Waals surface area contributed by atoms with E-state index >= 15 is 0 Å². The fourth-order valence-corrected chi connectivity index (χ4v) is 2.52. The smallest absolute Gasteiger partial charge is 0.171 e. The first-order valence-electron chi connectivity index (χ1n) is 6.31. The predicted octanol–water partition coefficient (Wildman–Crippen LogP) is -1.89. The molecule has 0 bridgehead atoms. The van der Waals surface area contributed by atoms with E-state index in [2.05, 4.69) is 20.4 Å². The SMILES string of the molecule is C[C@@]1(O)C(O)C(CO)OC1n1cnc2c(NN)ncnc21. The molecule has 2 aromatic heterocycles. The lowest BCUT2D eigenvalue weighted by Crippen LogP contribution is -2.44. The molecule has 0 saturated carbocycles. The van der Waals surface area contributed by atoms with Gasteiger partial charge in [-0.15, -0.1) is 0 Å². The molecule has 114 valence electrons. The van der Waals surface area contributed by atoms with E-state index in [4.69, 9.17) is 10.6 Å². The van der Waals surface area contributed by atoms with Crippen LogP contribution in [0.3, 0.4) is 0 Å². The van der Waals surface area contributed by atoms with Crippen LogP contribution < -0.4 is 11.3 Å². The Kier molecular flexibility index (Phi) is 3.26. The van der Waals surface area contributed by atoms with Crippen LogP contribution in [0.25, 0.3) is 11.2 Å². The van der Waals surface area contributed by atoms with Gasteiger partial charge in [0.05, 0.1) is 12.9 Å². The molecule has 3 heterocycles. The quantitative estimate of drug-likeness (QED) is 0.323. The van der Waals surface area contributed by atoms with Crippen LogP contribution in [0.5, 0.6) is 0 Å². The molecule has 0 aromatic carbocycles. The van der Waals surface area contributed by atoms with Crippen LogP contribution in [-0.4, -0.2) is 59.3 Å². The van der Waals surface area contributed by atoms with Crippen molar-refractivity contribution in [1.82, 2.24) is 19.5 Å². The maximum absolute atomic E-state index is 10.5. The zero-order valence-corrected chi connectivity index (χ0v) is 11.2. The number of aliphatic hydroxyl groups is 3. The van der Waals surface area contributed by atoms with Crippen LogP contribution in [0.2, 0.25) is 0 Å². The molecule has 6 N–H and O–H groups in total. The Morgan fingerprint density at radius 3 is 2.86 bits per heavy atom. The number of ether oxygens (including phenoxy) is 1. The van der Waals surface area contributed by atoms with E-state index in [0.717, 1.165) is 0 Å². The molecule has 1 fully saturated rings. The predicted molar refractivity (Wildman–Crippen MR) is 70.8 cm³/mol. The molecular formula is C11H16N6O4. The lowest BCUT2D eigenvalue weighted by molar-refractivity contribution is -0.0950. The molecule has 0 aliphatic carbocycles. The molecule has 21 heavy (non-hydrogen) atoms. The normalized spacial score (nSPS) is 32.7. The van der Waals surface area contributed by atoms with Crippen molar-refractivity contribution in [3.8, 4) is 0 Å². The molecule has 4 atom stereocenters. The Balaban J connectivity index is 2.09. The minimum absolute atomic E-state index is 0.329. The van der Waals surface area contributed by atoms with Crippen LogP contribution in [0.15, 0.2) is 12.7 Å². The van der Waals surface area contributed by atoms with Gasteiger partial charge in [0.15, 0.2) is 23.2 Å². The van der Waals surface area contributed by atoms with Crippen molar-refractivity contribution in [3.63, 3.8) is 0 Å². The van der Waals surface area contributed by atoms with E-state index in [1.807, 2.05) is 0 Å². The Morgan fingerprint density at radius 2 is 2.24 bits per heavy atom. The van der Waals surface area contributed by atoms with Crippen LogP contribution in [-0.2, 0) is 4.74 Å². The highest BCUT2D eigenvalue weighted by atomic mass is 16.6. The molecule has 10 nitrogen and oxygen atoms in total. The molecule has 0 spiro atoms.